The number of aryl methyl sites for hydroxylation is 4. The van der Waals surface area contributed by atoms with Crippen molar-refractivity contribution in [2.45, 2.75) is 27.7 Å². The zero-order valence-corrected chi connectivity index (χ0v) is 16.3. The van der Waals surface area contributed by atoms with Gasteiger partial charge in [-0.15, -0.1) is 0 Å². The molecule has 0 saturated carbocycles. The summed E-state index contributed by atoms with van der Waals surface area (Å²) < 4.78 is 6.33. The first kappa shape index (κ1) is 16.2. The van der Waals surface area contributed by atoms with Crippen LogP contribution in [0.25, 0.3) is 22.6 Å². The molecular weight excluding hydrogens is 330 g/mol. The standard InChI is InChI=1S/C25H23NO/c1-15-8-10-19-20(12-15)21-13-16(2)9-11-22(21)26-14-27-25(24(19)26)23-17(3)6-5-7-18(23)4/h5-13H,14H2,1-4H3. The first-order valence-corrected chi connectivity index (χ1v) is 9.48. The van der Waals surface area contributed by atoms with E-state index in [0.29, 0.717) is 6.73 Å². The third-order valence-electron chi connectivity index (χ3n) is 5.69. The molecule has 2 aliphatic rings. The zero-order chi connectivity index (χ0) is 18.7. The molecule has 3 aromatic carbocycles. The third-order valence-corrected chi connectivity index (χ3v) is 5.69. The maximum atomic E-state index is 6.33. The molecular formula is C25H23NO. The van der Waals surface area contributed by atoms with Gasteiger partial charge in [0.1, 0.15) is 0 Å². The van der Waals surface area contributed by atoms with Gasteiger partial charge in [-0.3, -0.25) is 0 Å². The molecule has 0 bridgehead atoms. The summed E-state index contributed by atoms with van der Waals surface area (Å²) in [6.07, 6.45) is 0. The molecule has 0 N–H and O–H groups in total. The van der Waals surface area contributed by atoms with Gasteiger partial charge in [0.15, 0.2) is 12.5 Å². The number of hydrogen-bond donors (Lipinski definition) is 0. The fraction of sp³-hybridized carbons (Fsp3) is 0.200. The second-order valence-electron chi connectivity index (χ2n) is 7.72. The van der Waals surface area contributed by atoms with Crippen molar-refractivity contribution in [3.63, 3.8) is 0 Å². The van der Waals surface area contributed by atoms with E-state index in [9.17, 15) is 0 Å². The van der Waals surface area contributed by atoms with Crippen LogP contribution in [0.2, 0.25) is 0 Å². The van der Waals surface area contributed by atoms with Crippen LogP contribution in [-0.4, -0.2) is 6.73 Å². The quantitative estimate of drug-likeness (QED) is 0.515. The van der Waals surface area contributed by atoms with Crippen LogP contribution in [0.4, 0.5) is 5.69 Å². The lowest BCUT2D eigenvalue weighted by Crippen LogP contribution is -2.22. The average molecular weight is 353 g/mol. The van der Waals surface area contributed by atoms with Gasteiger partial charge >= 0.3 is 0 Å². The monoisotopic (exact) mass is 353 g/mol. The summed E-state index contributed by atoms with van der Waals surface area (Å²) in [6.45, 7) is 9.20. The van der Waals surface area contributed by atoms with E-state index in [1.165, 1.54) is 55.9 Å². The minimum atomic E-state index is 0.557. The van der Waals surface area contributed by atoms with Crippen molar-refractivity contribution in [2.75, 3.05) is 11.6 Å². The minimum absolute atomic E-state index is 0.557. The molecule has 27 heavy (non-hydrogen) atoms. The highest BCUT2D eigenvalue weighted by molar-refractivity contribution is 6.07. The Labute approximate surface area is 160 Å². The van der Waals surface area contributed by atoms with Crippen molar-refractivity contribution in [3.05, 3.63) is 88.0 Å². The van der Waals surface area contributed by atoms with Crippen LogP contribution in [0, 0.1) is 27.7 Å². The molecule has 0 aliphatic carbocycles. The van der Waals surface area contributed by atoms with Crippen molar-refractivity contribution in [1.29, 1.82) is 0 Å². The number of anilines is 1. The van der Waals surface area contributed by atoms with Crippen LogP contribution in [0.3, 0.4) is 0 Å². The first-order chi connectivity index (χ1) is 13.0. The number of benzene rings is 3. The number of rotatable bonds is 1. The van der Waals surface area contributed by atoms with Gasteiger partial charge in [0.2, 0.25) is 0 Å². The van der Waals surface area contributed by atoms with E-state index in [0.717, 1.165) is 5.76 Å². The molecule has 5 rings (SSSR count). The predicted octanol–water partition coefficient (Wildman–Crippen LogP) is 6.22. The van der Waals surface area contributed by atoms with Gasteiger partial charge in [0, 0.05) is 16.7 Å². The molecule has 2 heteroatoms. The summed E-state index contributed by atoms with van der Waals surface area (Å²) in [5, 5.41) is 0. The van der Waals surface area contributed by atoms with Gasteiger partial charge in [-0.05, 0) is 56.5 Å². The van der Waals surface area contributed by atoms with Gasteiger partial charge < -0.3 is 9.64 Å². The van der Waals surface area contributed by atoms with Gasteiger partial charge in [0.05, 0.1) is 11.4 Å². The van der Waals surface area contributed by atoms with E-state index < -0.39 is 0 Å². The second kappa shape index (κ2) is 5.75. The van der Waals surface area contributed by atoms with Crippen LogP contribution < -0.4 is 4.90 Å². The lowest BCUT2D eigenvalue weighted by atomic mass is 9.87. The lowest BCUT2D eigenvalue weighted by molar-refractivity contribution is 0.307. The van der Waals surface area contributed by atoms with Crippen molar-refractivity contribution in [3.8, 4) is 11.1 Å². The Bertz CT molecular complexity index is 1100. The van der Waals surface area contributed by atoms with Crippen molar-refractivity contribution in [1.82, 2.24) is 0 Å². The van der Waals surface area contributed by atoms with E-state index >= 15 is 0 Å². The van der Waals surface area contributed by atoms with Gasteiger partial charge in [-0.1, -0.05) is 53.6 Å². The maximum Gasteiger partial charge on any atom is 0.165 e. The highest BCUT2D eigenvalue weighted by Crippen LogP contribution is 2.50. The summed E-state index contributed by atoms with van der Waals surface area (Å²) in [6, 6.07) is 19.9. The normalized spacial score (nSPS) is 14.6. The Morgan fingerprint density at radius 3 is 2.15 bits per heavy atom. The van der Waals surface area contributed by atoms with Gasteiger partial charge in [-0.2, -0.15) is 0 Å². The molecule has 0 spiro atoms. The van der Waals surface area contributed by atoms with E-state index in [2.05, 4.69) is 87.2 Å². The third kappa shape index (κ3) is 2.33. The highest BCUT2D eigenvalue weighted by atomic mass is 16.5. The first-order valence-electron chi connectivity index (χ1n) is 9.48. The molecule has 0 radical (unpaired) electrons. The summed E-state index contributed by atoms with van der Waals surface area (Å²) in [7, 11) is 0. The lowest BCUT2D eigenvalue weighted by Gasteiger charge is -2.30. The summed E-state index contributed by atoms with van der Waals surface area (Å²) in [4.78, 5) is 2.33. The fourth-order valence-corrected chi connectivity index (χ4v) is 4.39. The van der Waals surface area contributed by atoms with Crippen LogP contribution in [0.15, 0.2) is 54.6 Å². The number of nitrogens with zero attached hydrogens (tertiary/aromatic N) is 1. The van der Waals surface area contributed by atoms with E-state index in [-0.39, 0.29) is 0 Å². The highest BCUT2D eigenvalue weighted by Gasteiger charge is 2.35. The summed E-state index contributed by atoms with van der Waals surface area (Å²) in [5.41, 5.74) is 12.6. The van der Waals surface area contributed by atoms with E-state index in [4.69, 9.17) is 4.74 Å². The molecule has 0 atom stereocenters. The smallest absolute Gasteiger partial charge is 0.165 e. The molecule has 2 heterocycles. The van der Waals surface area contributed by atoms with Crippen LogP contribution in [0.1, 0.15) is 33.4 Å². The topological polar surface area (TPSA) is 12.5 Å². The molecule has 0 amide bonds. The molecule has 0 saturated heterocycles. The molecule has 134 valence electrons. The predicted molar refractivity (Wildman–Crippen MR) is 113 cm³/mol. The van der Waals surface area contributed by atoms with Gasteiger partial charge in [0.25, 0.3) is 0 Å². The van der Waals surface area contributed by atoms with E-state index in [1.807, 2.05) is 0 Å². The van der Waals surface area contributed by atoms with Crippen molar-refractivity contribution >= 4 is 17.1 Å². The molecule has 0 aromatic heterocycles. The van der Waals surface area contributed by atoms with E-state index in [1.54, 1.807) is 0 Å². The molecule has 0 unspecified atom stereocenters. The number of ether oxygens (including phenoxy) is 1. The minimum Gasteiger partial charge on any atom is -0.470 e. The Hall–Kier alpha value is -3.00. The summed E-state index contributed by atoms with van der Waals surface area (Å²) >= 11 is 0. The van der Waals surface area contributed by atoms with Gasteiger partial charge in [-0.25, -0.2) is 0 Å². The molecule has 0 fully saturated rings. The SMILES string of the molecule is Cc1ccc2c(c1)-c1cc(C)ccc1N1COC(c3c(C)cccc3C)=C21. The van der Waals surface area contributed by atoms with Crippen LogP contribution >= 0.6 is 0 Å². The Morgan fingerprint density at radius 1 is 0.741 bits per heavy atom. The van der Waals surface area contributed by atoms with Crippen molar-refractivity contribution in [2.24, 2.45) is 0 Å². The Balaban J connectivity index is 1.86. The maximum absolute atomic E-state index is 6.33. The second-order valence-corrected chi connectivity index (χ2v) is 7.72. The zero-order valence-electron chi connectivity index (χ0n) is 16.3. The molecule has 2 nitrogen and oxygen atoms in total. The molecule has 2 aliphatic heterocycles. The number of hydrogen-bond acceptors (Lipinski definition) is 2. The largest absolute Gasteiger partial charge is 0.470 e. The summed E-state index contributed by atoms with van der Waals surface area (Å²) in [5.74, 6) is 1.00. The molecule has 3 aromatic rings. The van der Waals surface area contributed by atoms with Crippen LogP contribution in [-0.2, 0) is 4.74 Å². The van der Waals surface area contributed by atoms with Crippen LogP contribution in [0.5, 0.6) is 0 Å². The number of fused-ring (bicyclic) bond motifs is 6. The average Bonchev–Trinajstić information content (AvgIpc) is 3.06. The Kier molecular flexibility index (Phi) is 3.45. The Morgan fingerprint density at radius 2 is 1.41 bits per heavy atom. The van der Waals surface area contributed by atoms with Crippen molar-refractivity contribution < 1.29 is 4.74 Å². The fourth-order valence-electron chi connectivity index (χ4n) is 4.39.